The van der Waals surface area contributed by atoms with Gasteiger partial charge in [-0.2, -0.15) is 0 Å². The summed E-state index contributed by atoms with van der Waals surface area (Å²) in [4.78, 5) is 36.0. The maximum atomic E-state index is 12.2. The number of ether oxygens (including phenoxy) is 1. The molecule has 3 heterocycles. The van der Waals surface area contributed by atoms with Gasteiger partial charge >= 0.3 is 5.97 Å². The number of nitrogens with one attached hydrogen (secondary N) is 1. The van der Waals surface area contributed by atoms with Crippen molar-refractivity contribution in [1.29, 1.82) is 0 Å². The highest BCUT2D eigenvalue weighted by molar-refractivity contribution is 5.83. The average Bonchev–Trinajstić information content (AvgIpc) is 3.36. The molecule has 182 valence electrons. The van der Waals surface area contributed by atoms with Crippen LogP contribution >= 0.6 is 0 Å². The molecule has 2 fully saturated rings. The number of likely N-dealkylation sites (N-methyl/N-ethyl adjacent to an activating group) is 1. The number of aromatic nitrogens is 4. The molecule has 1 saturated carbocycles. The van der Waals surface area contributed by atoms with Crippen molar-refractivity contribution in [3.05, 3.63) is 12.2 Å². The number of nitrogens with zero attached hydrogens (tertiary/aromatic N) is 4. The first-order valence-corrected chi connectivity index (χ1v) is 11.3. The summed E-state index contributed by atoms with van der Waals surface area (Å²) in [6.45, 7) is 2.09. The Morgan fingerprint density at radius 2 is 1.97 bits per heavy atom. The summed E-state index contributed by atoms with van der Waals surface area (Å²) in [5.41, 5.74) is 6.57. The smallest absolute Gasteiger partial charge is 0.306 e. The molecule has 12 nitrogen and oxygen atoms in total. The molecule has 34 heavy (non-hydrogen) atoms. The molecular formula is C22H28N6O6. The van der Waals surface area contributed by atoms with Gasteiger partial charge in [0, 0.05) is 13.0 Å². The summed E-state index contributed by atoms with van der Waals surface area (Å²) in [5, 5.41) is 32.5. The van der Waals surface area contributed by atoms with Crippen LogP contribution in [-0.2, 0) is 14.3 Å². The number of amides is 1. The third-order valence-electron chi connectivity index (χ3n) is 6.36. The number of aliphatic hydroxyl groups is 2. The van der Waals surface area contributed by atoms with Gasteiger partial charge in [0.25, 0.3) is 5.91 Å². The van der Waals surface area contributed by atoms with E-state index in [1.54, 1.807) is 6.92 Å². The third kappa shape index (κ3) is 4.68. The van der Waals surface area contributed by atoms with Gasteiger partial charge in [-0.25, -0.2) is 15.0 Å². The Labute approximate surface area is 195 Å². The number of carbonyl (C=O) groups is 2. The maximum Gasteiger partial charge on any atom is 0.306 e. The Kier molecular flexibility index (Phi) is 6.97. The van der Waals surface area contributed by atoms with E-state index in [0.29, 0.717) is 31.7 Å². The van der Waals surface area contributed by atoms with Gasteiger partial charge in [0.1, 0.15) is 17.7 Å². The zero-order chi connectivity index (χ0) is 24.4. The average molecular weight is 473 g/mol. The highest BCUT2D eigenvalue weighted by Gasteiger charge is 2.47. The van der Waals surface area contributed by atoms with Gasteiger partial charge in [0.2, 0.25) is 5.82 Å². The fourth-order valence-electron chi connectivity index (χ4n) is 4.45. The van der Waals surface area contributed by atoms with Crippen LogP contribution in [0, 0.1) is 23.7 Å². The number of imidazole rings is 1. The number of nitrogen functional groups attached to an aromatic ring is 1. The molecule has 0 spiro atoms. The Bertz CT molecular complexity index is 1130. The van der Waals surface area contributed by atoms with Crippen molar-refractivity contribution in [2.45, 2.75) is 63.6 Å². The molecular weight excluding hydrogens is 444 g/mol. The van der Waals surface area contributed by atoms with Crippen molar-refractivity contribution in [1.82, 2.24) is 24.8 Å². The zero-order valence-corrected chi connectivity index (χ0v) is 18.7. The van der Waals surface area contributed by atoms with E-state index >= 15 is 0 Å². The van der Waals surface area contributed by atoms with Crippen LogP contribution in [-0.4, -0.2) is 71.6 Å². The van der Waals surface area contributed by atoms with Crippen molar-refractivity contribution in [3.8, 4) is 11.8 Å². The minimum absolute atomic E-state index is 0.100. The van der Waals surface area contributed by atoms with Crippen LogP contribution in [0.1, 0.15) is 51.1 Å². The van der Waals surface area contributed by atoms with Crippen molar-refractivity contribution >= 4 is 28.9 Å². The van der Waals surface area contributed by atoms with Gasteiger partial charge in [0.15, 0.2) is 23.8 Å². The Balaban J connectivity index is 1.52. The first kappa shape index (κ1) is 23.9. The normalized spacial score (nSPS) is 28.9. The molecule has 4 atom stereocenters. The van der Waals surface area contributed by atoms with Crippen LogP contribution in [0.4, 0.5) is 5.82 Å². The molecule has 1 unspecified atom stereocenters. The minimum Gasteiger partial charge on any atom is -0.481 e. The van der Waals surface area contributed by atoms with Crippen LogP contribution in [0.2, 0.25) is 0 Å². The number of rotatable bonds is 5. The Morgan fingerprint density at radius 1 is 1.24 bits per heavy atom. The number of carbonyl (C=O) groups excluding carboxylic acids is 1. The molecule has 0 aromatic carbocycles. The summed E-state index contributed by atoms with van der Waals surface area (Å²) in [6.07, 6.45) is -0.281. The second kappa shape index (κ2) is 9.92. The maximum absolute atomic E-state index is 12.2. The lowest BCUT2D eigenvalue weighted by Crippen LogP contribution is -2.42. The van der Waals surface area contributed by atoms with Crippen LogP contribution in [0.3, 0.4) is 0 Å². The number of nitrogens with two attached hydrogens (primary N) is 1. The molecule has 4 rings (SSSR count). The molecule has 1 amide bonds. The number of carboxylic acids is 1. The molecule has 2 aromatic heterocycles. The van der Waals surface area contributed by atoms with E-state index in [-0.39, 0.29) is 28.7 Å². The lowest BCUT2D eigenvalue weighted by Gasteiger charge is -2.24. The van der Waals surface area contributed by atoms with Gasteiger partial charge in [-0.3, -0.25) is 14.2 Å². The zero-order valence-electron chi connectivity index (χ0n) is 18.7. The molecule has 6 N–H and O–H groups in total. The molecule has 1 saturated heterocycles. The van der Waals surface area contributed by atoms with E-state index in [1.165, 1.54) is 10.9 Å². The van der Waals surface area contributed by atoms with Crippen LogP contribution in [0.25, 0.3) is 11.2 Å². The van der Waals surface area contributed by atoms with Crippen molar-refractivity contribution < 1.29 is 29.6 Å². The standard InChI is InChI=1S/C22H28N6O6/c1-2-24-20(31)17-15(29)16(30)21(34-17)28-10-25-14-18(23)26-13(27-19(14)28)5-3-4-11-6-8-12(9-7-11)22(32)33/h10-12,15-17,21,29-30H,2,4,6-9H2,1H3,(H,24,31)(H,32,33)(H2,23,26,27)/t11?,12?,15?,16-,17-,21+/m0/s1. The summed E-state index contributed by atoms with van der Waals surface area (Å²) < 4.78 is 7.05. The van der Waals surface area contributed by atoms with Crippen molar-refractivity contribution in [2.24, 2.45) is 11.8 Å². The van der Waals surface area contributed by atoms with Crippen molar-refractivity contribution in [2.75, 3.05) is 12.3 Å². The summed E-state index contributed by atoms with van der Waals surface area (Å²) in [6, 6.07) is 0. The van der Waals surface area contributed by atoms with Crippen molar-refractivity contribution in [3.63, 3.8) is 0 Å². The third-order valence-corrected chi connectivity index (χ3v) is 6.36. The first-order valence-electron chi connectivity index (χ1n) is 11.3. The lowest BCUT2D eigenvalue weighted by atomic mass is 9.81. The summed E-state index contributed by atoms with van der Waals surface area (Å²) >= 11 is 0. The van der Waals surface area contributed by atoms with Gasteiger partial charge in [-0.05, 0) is 44.4 Å². The summed E-state index contributed by atoms with van der Waals surface area (Å²) in [7, 11) is 0. The SMILES string of the molecule is CCNC(=O)[C@H]1O[C@@H](n2cnc3c(N)nc(C#CCC4CCC(C(=O)O)CC4)nc32)[C@@H](O)C1O. The minimum atomic E-state index is -1.43. The molecule has 1 aliphatic carbocycles. The first-order chi connectivity index (χ1) is 16.3. The Hall–Kier alpha value is -3.27. The molecule has 12 heteroatoms. The molecule has 2 aliphatic rings. The van der Waals surface area contributed by atoms with Crippen LogP contribution in [0.15, 0.2) is 6.33 Å². The number of fused-ring (bicyclic) bond motifs is 1. The molecule has 1 aliphatic heterocycles. The largest absolute Gasteiger partial charge is 0.481 e. The highest BCUT2D eigenvalue weighted by atomic mass is 16.6. The predicted molar refractivity (Wildman–Crippen MR) is 119 cm³/mol. The quantitative estimate of drug-likeness (QED) is 0.365. The van der Waals surface area contributed by atoms with E-state index in [4.69, 9.17) is 15.6 Å². The number of hydrogen-bond donors (Lipinski definition) is 5. The lowest BCUT2D eigenvalue weighted by molar-refractivity contribution is -0.143. The van der Waals surface area contributed by atoms with E-state index in [9.17, 15) is 19.8 Å². The number of anilines is 1. The van der Waals surface area contributed by atoms with E-state index in [2.05, 4.69) is 32.1 Å². The molecule has 2 aromatic rings. The van der Waals surface area contributed by atoms with Gasteiger partial charge in [0.05, 0.1) is 12.2 Å². The molecule has 0 radical (unpaired) electrons. The highest BCUT2D eigenvalue weighted by Crippen LogP contribution is 2.33. The number of carboxylic acid groups (broad SMARTS) is 1. The number of aliphatic hydroxyl groups excluding tert-OH is 2. The van der Waals surface area contributed by atoms with Crippen LogP contribution < -0.4 is 11.1 Å². The fraction of sp³-hybridized carbons (Fsp3) is 0.591. The van der Waals surface area contributed by atoms with E-state index in [0.717, 1.165) is 12.8 Å². The number of aliphatic carboxylic acids is 1. The van der Waals surface area contributed by atoms with Gasteiger partial charge < -0.3 is 31.1 Å². The second-order valence-electron chi connectivity index (χ2n) is 8.64. The van der Waals surface area contributed by atoms with E-state index < -0.39 is 36.4 Å². The topological polar surface area (TPSA) is 186 Å². The molecule has 0 bridgehead atoms. The monoisotopic (exact) mass is 472 g/mol. The Morgan fingerprint density at radius 3 is 2.65 bits per heavy atom. The summed E-state index contributed by atoms with van der Waals surface area (Å²) in [5.74, 6) is 5.02. The van der Waals surface area contributed by atoms with Gasteiger partial charge in [-0.15, -0.1) is 0 Å². The van der Waals surface area contributed by atoms with E-state index in [1.807, 2.05) is 0 Å². The fourth-order valence-corrected chi connectivity index (χ4v) is 4.45. The second-order valence-corrected chi connectivity index (χ2v) is 8.64. The predicted octanol–water partition coefficient (Wildman–Crippen LogP) is -0.204. The van der Waals surface area contributed by atoms with Gasteiger partial charge in [-0.1, -0.05) is 5.92 Å². The number of hydrogen-bond acceptors (Lipinski definition) is 9. The van der Waals surface area contributed by atoms with Crippen LogP contribution in [0.5, 0.6) is 0 Å².